The Bertz CT molecular complexity index is 1210. The van der Waals surface area contributed by atoms with Gasteiger partial charge in [0, 0.05) is 30.0 Å². The number of ether oxygens (including phenoxy) is 2. The summed E-state index contributed by atoms with van der Waals surface area (Å²) in [6, 6.07) is 5.52. The van der Waals surface area contributed by atoms with E-state index in [1.807, 2.05) is 0 Å². The van der Waals surface area contributed by atoms with E-state index in [-0.39, 0.29) is 49.7 Å². The molecule has 0 radical (unpaired) electrons. The first-order valence-corrected chi connectivity index (χ1v) is 13.0. The van der Waals surface area contributed by atoms with Crippen molar-refractivity contribution >= 4 is 58.1 Å². The molecule has 0 spiro atoms. The average molecular weight is 571 g/mol. The van der Waals surface area contributed by atoms with E-state index in [2.05, 4.69) is 16.0 Å². The number of benzene rings is 1. The molecule has 2 fully saturated rings. The number of alkyl halides is 2. The number of nitrogens with zero attached hydrogens (tertiary/aromatic N) is 1. The summed E-state index contributed by atoms with van der Waals surface area (Å²) >= 11 is 6.90. The van der Waals surface area contributed by atoms with Crippen LogP contribution in [0, 0.1) is 0 Å². The predicted molar refractivity (Wildman–Crippen MR) is 136 cm³/mol. The van der Waals surface area contributed by atoms with E-state index in [1.165, 1.54) is 23.1 Å². The molecular weight excluding hydrogens is 546 g/mol. The van der Waals surface area contributed by atoms with Crippen molar-refractivity contribution in [1.82, 2.24) is 10.6 Å². The van der Waals surface area contributed by atoms with Gasteiger partial charge in [0.1, 0.15) is 18.8 Å². The third-order valence-corrected chi connectivity index (χ3v) is 7.25. The molecule has 1 saturated heterocycles. The summed E-state index contributed by atoms with van der Waals surface area (Å²) in [6.45, 7) is -0.0278. The van der Waals surface area contributed by atoms with Gasteiger partial charge >= 0.3 is 6.09 Å². The van der Waals surface area contributed by atoms with E-state index < -0.39 is 35.9 Å². The maximum Gasteiger partial charge on any atom is 0.408 e. The lowest BCUT2D eigenvalue weighted by Crippen LogP contribution is -2.51. The molecule has 1 aromatic heterocycles. The SMILES string of the molecule is O=C(N[C@H](CNC(=O)c1ccc(Cl)s1)C(=O)Nc1ccc(N2CCOCC2=O)cc1C(F)F)OC1CCC1. The zero-order valence-electron chi connectivity index (χ0n) is 20.0. The van der Waals surface area contributed by atoms with Gasteiger partial charge < -0.3 is 30.3 Å². The quantitative estimate of drug-likeness (QED) is 0.422. The molecule has 4 rings (SSSR count). The predicted octanol–water partition coefficient (Wildman–Crippen LogP) is 3.72. The highest BCUT2D eigenvalue weighted by atomic mass is 35.5. The van der Waals surface area contributed by atoms with Crippen molar-refractivity contribution in [3.63, 3.8) is 0 Å². The Hall–Kier alpha value is -3.29. The third-order valence-electron chi connectivity index (χ3n) is 6.02. The minimum Gasteiger partial charge on any atom is -0.446 e. The largest absolute Gasteiger partial charge is 0.446 e. The summed E-state index contributed by atoms with van der Waals surface area (Å²) in [6.07, 6.45) is -1.77. The fraction of sp³-hybridized carbons (Fsp3) is 0.417. The van der Waals surface area contributed by atoms with Crippen LogP contribution < -0.4 is 20.9 Å². The van der Waals surface area contributed by atoms with Crippen LogP contribution in [0.1, 0.15) is 40.9 Å². The van der Waals surface area contributed by atoms with E-state index in [4.69, 9.17) is 21.1 Å². The molecule has 10 nitrogen and oxygen atoms in total. The second kappa shape index (κ2) is 12.5. The number of nitrogens with one attached hydrogen (secondary N) is 3. The van der Waals surface area contributed by atoms with Crippen molar-refractivity contribution in [1.29, 1.82) is 0 Å². The van der Waals surface area contributed by atoms with Crippen molar-refractivity contribution < 1.29 is 37.4 Å². The Kier molecular flexibility index (Phi) is 9.13. The Morgan fingerprint density at radius 2 is 2.00 bits per heavy atom. The molecular formula is C24H25ClF2N4O6S. The fourth-order valence-corrected chi connectivity index (χ4v) is 4.73. The van der Waals surface area contributed by atoms with E-state index >= 15 is 0 Å². The molecule has 0 bridgehead atoms. The molecule has 4 amide bonds. The number of alkyl carbamates (subject to hydrolysis) is 1. The number of hydrogen-bond acceptors (Lipinski definition) is 7. The highest BCUT2D eigenvalue weighted by molar-refractivity contribution is 7.18. The molecule has 1 aromatic carbocycles. The Morgan fingerprint density at radius 3 is 2.63 bits per heavy atom. The lowest BCUT2D eigenvalue weighted by molar-refractivity contribution is -0.125. The number of halogens is 3. The first-order valence-electron chi connectivity index (χ1n) is 11.8. The van der Waals surface area contributed by atoms with Crippen molar-refractivity contribution in [2.24, 2.45) is 0 Å². The monoisotopic (exact) mass is 570 g/mol. The lowest BCUT2D eigenvalue weighted by Gasteiger charge is -2.28. The summed E-state index contributed by atoms with van der Waals surface area (Å²) in [5.74, 6) is -1.75. The van der Waals surface area contributed by atoms with Gasteiger partial charge in [0.25, 0.3) is 18.2 Å². The summed E-state index contributed by atoms with van der Waals surface area (Å²) in [5, 5.41) is 7.34. The first-order chi connectivity index (χ1) is 18.2. The van der Waals surface area contributed by atoms with Gasteiger partial charge in [0.2, 0.25) is 5.91 Å². The van der Waals surface area contributed by atoms with Crippen LogP contribution in [0.3, 0.4) is 0 Å². The molecule has 3 N–H and O–H groups in total. The zero-order chi connectivity index (χ0) is 27.2. The molecule has 2 heterocycles. The van der Waals surface area contributed by atoms with Crippen LogP contribution in [0.5, 0.6) is 0 Å². The summed E-state index contributed by atoms with van der Waals surface area (Å²) in [4.78, 5) is 51.6. The van der Waals surface area contributed by atoms with Gasteiger partial charge in [-0.15, -0.1) is 11.3 Å². The number of hydrogen-bond donors (Lipinski definition) is 3. The van der Waals surface area contributed by atoms with Gasteiger partial charge in [-0.2, -0.15) is 0 Å². The first kappa shape index (κ1) is 27.7. The Morgan fingerprint density at radius 1 is 1.21 bits per heavy atom. The van der Waals surface area contributed by atoms with E-state index in [0.717, 1.165) is 23.8 Å². The fourth-order valence-electron chi connectivity index (χ4n) is 3.77. The minimum absolute atomic E-state index is 0.157. The van der Waals surface area contributed by atoms with Gasteiger partial charge in [0.05, 0.1) is 15.8 Å². The molecule has 2 aromatic rings. The number of carbonyl (C=O) groups excluding carboxylic acids is 4. The van der Waals surface area contributed by atoms with Gasteiger partial charge in [-0.3, -0.25) is 14.4 Å². The molecule has 204 valence electrons. The van der Waals surface area contributed by atoms with Crippen LogP contribution in [0.2, 0.25) is 4.34 Å². The van der Waals surface area contributed by atoms with Gasteiger partial charge in [-0.1, -0.05) is 11.6 Å². The summed E-state index contributed by atoms with van der Waals surface area (Å²) in [5.41, 5.74) is -0.472. The third kappa shape index (κ3) is 6.97. The summed E-state index contributed by atoms with van der Waals surface area (Å²) < 4.78 is 38.6. The van der Waals surface area contributed by atoms with Crippen molar-refractivity contribution in [2.75, 3.05) is 36.5 Å². The number of thiophene rings is 1. The van der Waals surface area contributed by atoms with Gasteiger partial charge in [-0.05, 0) is 49.6 Å². The molecule has 14 heteroatoms. The molecule has 1 aliphatic carbocycles. The van der Waals surface area contributed by atoms with E-state index in [1.54, 1.807) is 6.07 Å². The van der Waals surface area contributed by atoms with Crippen LogP contribution in [-0.4, -0.2) is 62.3 Å². The maximum absolute atomic E-state index is 13.9. The van der Waals surface area contributed by atoms with Gasteiger partial charge in [0.15, 0.2) is 0 Å². The second-order valence-corrected chi connectivity index (χ2v) is 10.3. The smallest absolute Gasteiger partial charge is 0.408 e. The van der Waals surface area contributed by atoms with Crippen LogP contribution in [-0.2, 0) is 19.1 Å². The highest BCUT2D eigenvalue weighted by Gasteiger charge is 2.28. The number of anilines is 2. The van der Waals surface area contributed by atoms with Crippen LogP contribution in [0.25, 0.3) is 0 Å². The number of rotatable bonds is 9. The normalized spacial score (nSPS) is 16.5. The topological polar surface area (TPSA) is 126 Å². The van der Waals surface area contributed by atoms with E-state index in [0.29, 0.717) is 22.1 Å². The van der Waals surface area contributed by atoms with Crippen molar-refractivity contribution in [3.05, 3.63) is 45.1 Å². The highest BCUT2D eigenvalue weighted by Crippen LogP contribution is 2.32. The molecule has 0 unspecified atom stereocenters. The molecule has 1 atom stereocenters. The second-order valence-electron chi connectivity index (χ2n) is 8.63. The molecule has 38 heavy (non-hydrogen) atoms. The Labute approximate surface area is 225 Å². The van der Waals surface area contributed by atoms with Gasteiger partial charge in [-0.25, -0.2) is 13.6 Å². The van der Waals surface area contributed by atoms with Crippen molar-refractivity contribution in [3.8, 4) is 0 Å². The standard InChI is InChI=1S/C24H25ClF2N4O6S/c25-19-7-6-18(38-19)23(34)28-11-17(30-24(35)37-14-2-1-3-14)22(33)29-16-5-4-13(10-15(16)21(26)27)31-8-9-36-12-20(31)32/h4-7,10,14,17,21H,1-3,8-9,11-12H2,(H,28,34)(H,29,33)(H,30,35)/t17-/m1/s1. The Balaban J connectivity index is 1.48. The maximum atomic E-state index is 13.9. The van der Waals surface area contributed by atoms with Crippen LogP contribution in [0.15, 0.2) is 30.3 Å². The van der Waals surface area contributed by atoms with Crippen molar-refractivity contribution in [2.45, 2.75) is 37.8 Å². The number of carbonyl (C=O) groups is 4. The molecule has 1 saturated carbocycles. The van der Waals surface area contributed by atoms with Crippen LogP contribution in [0.4, 0.5) is 25.0 Å². The zero-order valence-corrected chi connectivity index (χ0v) is 21.6. The van der Waals surface area contributed by atoms with E-state index in [9.17, 15) is 28.0 Å². The van der Waals surface area contributed by atoms with Crippen LogP contribution >= 0.6 is 22.9 Å². The lowest BCUT2D eigenvalue weighted by atomic mass is 9.96. The number of amides is 4. The number of morpholine rings is 1. The molecule has 2 aliphatic rings. The minimum atomic E-state index is -2.97. The molecule has 1 aliphatic heterocycles. The average Bonchev–Trinajstić information content (AvgIpc) is 3.30. The summed E-state index contributed by atoms with van der Waals surface area (Å²) in [7, 11) is 0.